The fourth-order valence-electron chi connectivity index (χ4n) is 4.07. The van der Waals surface area contributed by atoms with Crippen LogP contribution in [-0.4, -0.2) is 41.4 Å². The van der Waals surface area contributed by atoms with Gasteiger partial charge >= 0.3 is 59.1 Å². The summed E-state index contributed by atoms with van der Waals surface area (Å²) in [5.74, 6) is 0. The molecule has 2 N–H and O–H groups in total. The van der Waals surface area contributed by atoms with Crippen LogP contribution in [0.5, 0.6) is 0 Å². The topological polar surface area (TPSA) is 172 Å². The maximum atomic E-state index is 12.0. The third-order valence-electron chi connectivity index (χ3n) is 5.47. The van der Waals surface area contributed by atoms with Crippen molar-refractivity contribution in [1.29, 1.82) is 0 Å². The van der Waals surface area contributed by atoms with Crippen LogP contribution >= 0.6 is 0 Å². The van der Waals surface area contributed by atoms with E-state index in [1.54, 1.807) is 72.8 Å². The van der Waals surface area contributed by atoms with Crippen LogP contribution in [-0.2, 0) is 20.2 Å². The average Bonchev–Trinajstić information content (AvgIpc) is 2.82. The second-order valence-corrected chi connectivity index (χ2v) is 10.2. The molecule has 178 valence electrons. The van der Waals surface area contributed by atoms with Gasteiger partial charge in [0.25, 0.3) is 0 Å². The first-order valence-corrected chi connectivity index (χ1v) is 12.7. The summed E-state index contributed by atoms with van der Waals surface area (Å²) < 4.78 is 72.1. The molecule has 3 aromatic carbocycles. The van der Waals surface area contributed by atoms with E-state index in [1.807, 2.05) is 0 Å². The van der Waals surface area contributed by atoms with E-state index in [2.05, 4.69) is 9.97 Å². The molecule has 0 unspecified atom stereocenters. The molecule has 2 heterocycles. The summed E-state index contributed by atoms with van der Waals surface area (Å²) in [6, 6.07) is 20.1. The second-order valence-electron chi connectivity index (χ2n) is 7.49. The number of aromatic nitrogens is 2. The van der Waals surface area contributed by atoms with Crippen molar-refractivity contribution in [2.24, 2.45) is 0 Å². The summed E-state index contributed by atoms with van der Waals surface area (Å²) in [6.45, 7) is 0. The molecule has 0 amide bonds. The van der Waals surface area contributed by atoms with Gasteiger partial charge in [-0.25, -0.2) is 16.8 Å². The van der Waals surface area contributed by atoms with E-state index in [1.165, 1.54) is 0 Å². The van der Waals surface area contributed by atoms with Crippen molar-refractivity contribution in [2.45, 2.75) is 9.79 Å². The third-order valence-corrected chi connectivity index (χ3v) is 7.16. The fraction of sp³-hybridized carbons (Fsp3) is 0. The molecular weight excluding hydrogens is 538 g/mol. The zero-order chi connectivity index (χ0) is 24.1. The van der Waals surface area contributed by atoms with Crippen molar-refractivity contribution in [1.82, 2.24) is 9.97 Å². The first-order valence-electron chi connectivity index (χ1n) is 9.93. The van der Waals surface area contributed by atoms with Crippen molar-refractivity contribution >= 4 is 42.0 Å². The third kappa shape index (κ3) is 5.97. The maximum absolute atomic E-state index is 12.0. The van der Waals surface area contributed by atoms with Crippen LogP contribution < -0.4 is 59.1 Å². The van der Waals surface area contributed by atoms with Crippen molar-refractivity contribution < 1.29 is 90.5 Å². The number of hydrogen-bond donors (Lipinski definition) is 0. The van der Waals surface area contributed by atoms with Gasteiger partial charge in [-0.1, -0.05) is 72.8 Å². The van der Waals surface area contributed by atoms with E-state index >= 15 is 0 Å². The van der Waals surface area contributed by atoms with Crippen LogP contribution in [0.15, 0.2) is 95.0 Å². The summed E-state index contributed by atoms with van der Waals surface area (Å²) in [6.07, 6.45) is 1.96. The molecule has 0 aliphatic carbocycles. The van der Waals surface area contributed by atoms with Crippen LogP contribution in [0, 0.1) is 0 Å². The molecule has 5 aromatic rings. The van der Waals surface area contributed by atoms with E-state index in [0.29, 0.717) is 21.9 Å². The Morgan fingerprint density at radius 1 is 0.541 bits per heavy atom. The molecule has 13 heteroatoms. The van der Waals surface area contributed by atoms with Gasteiger partial charge in [0.2, 0.25) is 0 Å². The number of benzene rings is 3. The van der Waals surface area contributed by atoms with E-state index < -0.39 is 30.0 Å². The van der Waals surface area contributed by atoms with Crippen LogP contribution in [0.1, 0.15) is 0 Å². The number of hydrogen-bond acceptors (Lipinski definition) is 8. The Balaban J connectivity index is 0.00000160. The molecule has 0 radical (unpaired) electrons. The van der Waals surface area contributed by atoms with Gasteiger partial charge in [0.1, 0.15) is 20.2 Å². The van der Waals surface area contributed by atoms with Gasteiger partial charge in [0.15, 0.2) is 0 Å². The smallest absolute Gasteiger partial charge is 0.744 e. The van der Waals surface area contributed by atoms with E-state index in [0.717, 1.165) is 12.4 Å². The Bertz CT molecular complexity index is 1670. The van der Waals surface area contributed by atoms with Crippen LogP contribution in [0.4, 0.5) is 0 Å². The zero-order valence-electron chi connectivity index (χ0n) is 19.7. The summed E-state index contributed by atoms with van der Waals surface area (Å²) in [7, 11) is -9.71. The van der Waals surface area contributed by atoms with Crippen LogP contribution in [0.25, 0.3) is 44.1 Å². The van der Waals surface area contributed by atoms with Gasteiger partial charge < -0.3 is 14.6 Å². The van der Waals surface area contributed by atoms with Crippen LogP contribution in [0.3, 0.4) is 0 Å². The van der Waals surface area contributed by atoms with Gasteiger partial charge in [-0.3, -0.25) is 9.97 Å². The standard InChI is InChI=1S/C24H16N2O6S2.2Na.H2O/c27-33(28,29)19-13-25-23-17(21(19)15-7-3-1-4-8-15)11-12-18-22(16-9-5-2-6-10-16)20(34(30,31)32)14-26-24(18)23;;;/h1-14H,(H,27,28,29)(H,30,31,32);;;1H2/q;2*+1;/p-2. The van der Waals surface area contributed by atoms with Gasteiger partial charge in [-0.2, -0.15) is 0 Å². The first kappa shape index (κ1) is 31.5. The molecule has 0 aliphatic heterocycles. The summed E-state index contributed by atoms with van der Waals surface area (Å²) in [5.41, 5.74) is 1.85. The molecule has 2 aromatic heterocycles. The zero-order valence-corrected chi connectivity index (χ0v) is 25.4. The van der Waals surface area contributed by atoms with Crippen molar-refractivity contribution in [2.75, 3.05) is 0 Å². The molecule has 0 bridgehead atoms. The normalized spacial score (nSPS) is 11.3. The Hall–Kier alpha value is -1.74. The minimum Gasteiger partial charge on any atom is -0.744 e. The molecular formula is C24H16N2Na2O7S2. The number of fused-ring (bicyclic) bond motifs is 3. The summed E-state index contributed by atoms with van der Waals surface area (Å²) >= 11 is 0. The minimum absolute atomic E-state index is 0. The molecule has 0 spiro atoms. The van der Waals surface area contributed by atoms with Gasteiger partial charge in [-0.05, 0) is 11.1 Å². The van der Waals surface area contributed by atoms with E-state index in [9.17, 15) is 25.9 Å². The van der Waals surface area contributed by atoms with Crippen LogP contribution in [0.2, 0.25) is 0 Å². The Kier molecular flexibility index (Phi) is 10.2. The molecule has 0 saturated heterocycles. The van der Waals surface area contributed by atoms with Crippen molar-refractivity contribution in [3.8, 4) is 22.3 Å². The second kappa shape index (κ2) is 12.0. The summed E-state index contributed by atoms with van der Waals surface area (Å²) in [5, 5.41) is 0.694. The Morgan fingerprint density at radius 3 is 1.16 bits per heavy atom. The molecule has 0 atom stereocenters. The number of pyridine rings is 2. The average molecular weight is 555 g/mol. The monoisotopic (exact) mass is 554 g/mol. The Labute approximate surface area is 257 Å². The molecule has 0 aliphatic rings. The maximum Gasteiger partial charge on any atom is 1.00 e. The molecule has 37 heavy (non-hydrogen) atoms. The Morgan fingerprint density at radius 2 is 0.865 bits per heavy atom. The van der Waals surface area contributed by atoms with Gasteiger partial charge in [-0.15, -0.1) is 0 Å². The largest absolute Gasteiger partial charge is 1.00 e. The van der Waals surface area contributed by atoms with E-state index in [4.69, 9.17) is 0 Å². The van der Waals surface area contributed by atoms with Gasteiger partial charge in [0, 0.05) is 34.3 Å². The minimum atomic E-state index is -4.86. The van der Waals surface area contributed by atoms with Crippen molar-refractivity contribution in [3.05, 3.63) is 85.2 Å². The van der Waals surface area contributed by atoms with E-state index in [-0.39, 0.29) is 86.8 Å². The molecule has 0 saturated carbocycles. The SMILES string of the molecule is O.O=S(=O)([O-])c1cnc2c(ccc3c(-c4ccccc4)c(S(=O)(=O)[O-])cnc32)c1-c1ccccc1.[Na+].[Na+]. The van der Waals surface area contributed by atoms with Crippen molar-refractivity contribution in [3.63, 3.8) is 0 Å². The fourth-order valence-corrected chi connectivity index (χ4v) is 5.39. The predicted octanol–water partition coefficient (Wildman–Crippen LogP) is -2.89. The quantitative estimate of drug-likeness (QED) is 0.129. The van der Waals surface area contributed by atoms with Gasteiger partial charge in [0.05, 0.1) is 20.8 Å². The predicted molar refractivity (Wildman–Crippen MR) is 127 cm³/mol. The first-order chi connectivity index (χ1) is 16.2. The molecule has 9 nitrogen and oxygen atoms in total. The molecule has 5 rings (SSSR count). The number of rotatable bonds is 4. The molecule has 0 fully saturated rings. The number of nitrogens with zero attached hydrogens (tertiary/aromatic N) is 2. The summed E-state index contributed by atoms with van der Waals surface area (Å²) in [4.78, 5) is 7.48.